The molecule has 2 aliphatic rings. The maximum atomic E-state index is 3.87. The fourth-order valence-corrected chi connectivity index (χ4v) is 3.03. The molecule has 2 N–H and O–H groups in total. The molecule has 1 aromatic heterocycles. The van der Waals surface area contributed by atoms with Gasteiger partial charge in [-0.1, -0.05) is 54.6 Å². The summed E-state index contributed by atoms with van der Waals surface area (Å²) in [6.45, 7) is 5.99. The Morgan fingerprint density at radius 3 is 2.54 bits per heavy atom. The minimum atomic E-state index is 0.753. The number of allylic oxidation sites excluding steroid dienone is 3. The summed E-state index contributed by atoms with van der Waals surface area (Å²) >= 11 is 0. The van der Waals surface area contributed by atoms with Gasteiger partial charge in [0.25, 0.3) is 0 Å². The van der Waals surface area contributed by atoms with E-state index in [2.05, 4.69) is 56.9 Å². The Hall–Kier alpha value is -2.17. The van der Waals surface area contributed by atoms with Crippen LogP contribution in [0.1, 0.15) is 6.42 Å². The topological polar surface area (TPSA) is 44.0 Å². The highest BCUT2D eigenvalue weighted by atomic mass is 15.2. The van der Waals surface area contributed by atoms with Gasteiger partial charge in [0.15, 0.2) is 0 Å². The van der Waals surface area contributed by atoms with Gasteiger partial charge in [-0.25, -0.2) is 0 Å². The molecule has 0 bridgehead atoms. The first kappa shape index (κ1) is 16.7. The molecule has 24 heavy (non-hydrogen) atoms. The molecule has 0 amide bonds. The summed E-state index contributed by atoms with van der Waals surface area (Å²) in [6, 6.07) is 10.2. The van der Waals surface area contributed by atoms with Crippen molar-refractivity contribution in [3.8, 4) is 11.1 Å². The average Bonchev–Trinajstić information content (AvgIpc) is 3.20. The first-order valence-corrected chi connectivity index (χ1v) is 8.72. The van der Waals surface area contributed by atoms with Crippen molar-refractivity contribution < 1.29 is 0 Å². The summed E-state index contributed by atoms with van der Waals surface area (Å²) in [5.74, 6) is 0.753. The van der Waals surface area contributed by atoms with Crippen molar-refractivity contribution in [3.63, 3.8) is 0 Å². The van der Waals surface area contributed by atoms with Crippen LogP contribution in [0.2, 0.25) is 0 Å². The smallest absolute Gasteiger partial charge is 0.0565 e. The minimum Gasteiger partial charge on any atom is -0.314 e. The predicted octanol–water partition coefficient (Wildman–Crippen LogP) is 3.10. The van der Waals surface area contributed by atoms with Crippen LogP contribution >= 0.6 is 0 Å². The van der Waals surface area contributed by atoms with Gasteiger partial charge in [0.2, 0.25) is 0 Å². The Bertz CT molecular complexity index is 625. The fourth-order valence-electron chi connectivity index (χ4n) is 3.03. The molecule has 1 fully saturated rings. The molecule has 1 atom stereocenters. The number of piperazine rings is 1. The Labute approximate surface area is 144 Å². The molecule has 0 saturated carbocycles. The molecular formula is C20H26N4. The maximum Gasteiger partial charge on any atom is 0.0565 e. The summed E-state index contributed by atoms with van der Waals surface area (Å²) in [5, 5.41) is 10.0. The van der Waals surface area contributed by atoms with Gasteiger partial charge >= 0.3 is 0 Å². The zero-order valence-corrected chi connectivity index (χ0v) is 14.1. The van der Waals surface area contributed by atoms with Crippen LogP contribution in [0.25, 0.3) is 11.1 Å². The summed E-state index contributed by atoms with van der Waals surface area (Å²) in [7, 11) is 0. The molecule has 126 valence electrons. The predicted molar refractivity (Wildman–Crippen MR) is 99.7 cm³/mol. The van der Waals surface area contributed by atoms with E-state index in [0.29, 0.717) is 0 Å². The van der Waals surface area contributed by atoms with E-state index in [1.54, 1.807) is 0 Å². The molecular weight excluding hydrogens is 296 g/mol. The number of rotatable bonds is 3. The third kappa shape index (κ3) is 5.18. The largest absolute Gasteiger partial charge is 0.314 e. The van der Waals surface area contributed by atoms with Gasteiger partial charge in [-0.05, 0) is 17.9 Å². The quantitative estimate of drug-likeness (QED) is 0.912. The van der Waals surface area contributed by atoms with E-state index in [-0.39, 0.29) is 0 Å². The van der Waals surface area contributed by atoms with E-state index in [0.717, 1.165) is 24.6 Å². The van der Waals surface area contributed by atoms with E-state index in [1.807, 2.05) is 30.6 Å². The molecule has 1 aliphatic heterocycles. The second-order valence-corrected chi connectivity index (χ2v) is 6.21. The highest BCUT2D eigenvalue weighted by molar-refractivity contribution is 5.60. The number of nitrogens with one attached hydrogen (secondary N) is 2. The Balaban J connectivity index is 0.000000143. The van der Waals surface area contributed by atoms with Crippen molar-refractivity contribution in [2.45, 2.75) is 6.42 Å². The lowest BCUT2D eigenvalue weighted by Gasteiger charge is -2.30. The van der Waals surface area contributed by atoms with E-state index in [1.165, 1.54) is 31.6 Å². The van der Waals surface area contributed by atoms with Crippen molar-refractivity contribution in [3.05, 3.63) is 67.0 Å². The first-order chi connectivity index (χ1) is 11.9. The molecule has 4 heteroatoms. The van der Waals surface area contributed by atoms with Crippen LogP contribution in [-0.4, -0.2) is 47.8 Å². The highest BCUT2D eigenvalue weighted by Crippen LogP contribution is 2.15. The van der Waals surface area contributed by atoms with Crippen molar-refractivity contribution in [2.24, 2.45) is 5.92 Å². The van der Waals surface area contributed by atoms with Gasteiger partial charge in [-0.2, -0.15) is 5.10 Å². The number of nitrogens with zero attached hydrogens (tertiary/aromatic N) is 2. The second-order valence-electron chi connectivity index (χ2n) is 6.21. The molecule has 1 saturated heterocycles. The van der Waals surface area contributed by atoms with Crippen LogP contribution in [0.5, 0.6) is 0 Å². The number of aromatic amines is 1. The molecule has 1 aromatic carbocycles. The maximum absolute atomic E-state index is 3.87. The van der Waals surface area contributed by atoms with Crippen molar-refractivity contribution in [1.29, 1.82) is 0 Å². The third-order valence-corrected chi connectivity index (χ3v) is 4.38. The highest BCUT2D eigenvalue weighted by Gasteiger charge is 2.13. The number of hydrogen-bond donors (Lipinski definition) is 2. The Morgan fingerprint density at radius 1 is 1.04 bits per heavy atom. The van der Waals surface area contributed by atoms with E-state index >= 15 is 0 Å². The van der Waals surface area contributed by atoms with Crippen molar-refractivity contribution >= 4 is 0 Å². The van der Waals surface area contributed by atoms with Gasteiger partial charge in [0.05, 0.1) is 6.20 Å². The summed E-state index contributed by atoms with van der Waals surface area (Å²) in [4.78, 5) is 2.56. The summed E-state index contributed by atoms with van der Waals surface area (Å²) < 4.78 is 0. The Kier molecular flexibility index (Phi) is 6.40. The van der Waals surface area contributed by atoms with E-state index < -0.39 is 0 Å². The number of aromatic nitrogens is 2. The van der Waals surface area contributed by atoms with Crippen LogP contribution in [0.15, 0.2) is 67.0 Å². The van der Waals surface area contributed by atoms with Crippen molar-refractivity contribution in [2.75, 3.05) is 32.7 Å². The van der Waals surface area contributed by atoms with Gasteiger partial charge in [-0.3, -0.25) is 5.10 Å². The number of benzene rings is 1. The number of H-pyrrole nitrogens is 1. The summed E-state index contributed by atoms with van der Waals surface area (Å²) in [6.07, 6.45) is 13.9. The zero-order valence-electron chi connectivity index (χ0n) is 14.1. The molecule has 4 rings (SSSR count). The monoisotopic (exact) mass is 322 g/mol. The molecule has 4 nitrogen and oxygen atoms in total. The van der Waals surface area contributed by atoms with Gasteiger partial charge in [0, 0.05) is 44.5 Å². The third-order valence-electron chi connectivity index (χ3n) is 4.38. The second kappa shape index (κ2) is 9.21. The summed E-state index contributed by atoms with van der Waals surface area (Å²) in [5.41, 5.74) is 2.33. The van der Waals surface area contributed by atoms with Crippen LogP contribution in [0.3, 0.4) is 0 Å². The minimum absolute atomic E-state index is 0.753. The standard InChI is InChI=1S/C11H18N2.C9H8N2/c1-2-4-11(5-3-1)10-13-8-6-12-7-9-13;1-2-4-8(5-3-1)9-6-10-11-7-9/h1-4,11-12H,5-10H2;1-7H,(H,10,11). The van der Waals surface area contributed by atoms with E-state index in [9.17, 15) is 0 Å². The van der Waals surface area contributed by atoms with Crippen LogP contribution in [-0.2, 0) is 0 Å². The van der Waals surface area contributed by atoms with Crippen molar-refractivity contribution in [1.82, 2.24) is 20.4 Å². The SMILES string of the molecule is C1=CCC(CN2CCNCC2)C=C1.c1ccc(-c2cn[nH]c2)cc1. The molecule has 1 unspecified atom stereocenters. The lowest BCUT2D eigenvalue weighted by molar-refractivity contribution is 0.220. The van der Waals surface area contributed by atoms with Gasteiger partial charge in [-0.15, -0.1) is 0 Å². The first-order valence-electron chi connectivity index (χ1n) is 8.72. The zero-order chi connectivity index (χ0) is 16.5. The van der Waals surface area contributed by atoms with Crippen LogP contribution < -0.4 is 5.32 Å². The van der Waals surface area contributed by atoms with E-state index in [4.69, 9.17) is 0 Å². The molecule has 0 radical (unpaired) electrons. The Morgan fingerprint density at radius 2 is 1.88 bits per heavy atom. The van der Waals surface area contributed by atoms with Crippen LogP contribution in [0.4, 0.5) is 0 Å². The molecule has 1 aliphatic carbocycles. The average molecular weight is 322 g/mol. The lowest BCUT2D eigenvalue weighted by Crippen LogP contribution is -2.45. The van der Waals surface area contributed by atoms with Gasteiger partial charge in [0.1, 0.15) is 0 Å². The fraction of sp³-hybridized carbons (Fsp3) is 0.350. The molecule has 2 heterocycles. The normalized spacial score (nSPS) is 20.4. The number of hydrogen-bond acceptors (Lipinski definition) is 3. The lowest BCUT2D eigenvalue weighted by atomic mass is 10.00. The van der Waals surface area contributed by atoms with Crippen LogP contribution in [0, 0.1) is 5.92 Å². The van der Waals surface area contributed by atoms with Gasteiger partial charge < -0.3 is 10.2 Å². The molecule has 0 spiro atoms. The molecule has 2 aromatic rings.